The lowest BCUT2D eigenvalue weighted by Gasteiger charge is -2.04. The zero-order chi connectivity index (χ0) is 20.2. The second-order valence-electron chi connectivity index (χ2n) is 6.26. The lowest BCUT2D eigenvalue weighted by molar-refractivity contribution is 0.0441. The molecule has 0 radical (unpaired) electrons. The predicted molar refractivity (Wildman–Crippen MR) is 102 cm³/mol. The fourth-order valence-corrected chi connectivity index (χ4v) is 2.83. The fraction of sp³-hybridized carbons (Fsp3) is 0.0909. The number of benzene rings is 2. The van der Waals surface area contributed by atoms with Gasteiger partial charge in [-0.1, -0.05) is 18.2 Å². The van der Waals surface area contributed by atoms with Gasteiger partial charge in [-0.2, -0.15) is 0 Å². The molecule has 0 aliphatic carbocycles. The number of ketones is 1. The number of para-hydroxylation sites is 1. The second kappa shape index (κ2) is 8.02. The third-order valence-electron chi connectivity index (χ3n) is 4.28. The van der Waals surface area contributed by atoms with Crippen molar-refractivity contribution in [3.8, 4) is 5.75 Å². The summed E-state index contributed by atoms with van der Waals surface area (Å²) in [6.45, 7) is -0.337. The molecular formula is C22H16FNO5. The molecule has 0 amide bonds. The summed E-state index contributed by atoms with van der Waals surface area (Å²) in [5, 5.41) is 0.770. The largest absolute Gasteiger partial charge is 0.486 e. The SMILES string of the molecule is O=C(OCC(=O)c1c[nH]c2ccccc12)c1ccc(COc2ccc(F)cc2)o1. The summed E-state index contributed by atoms with van der Waals surface area (Å²) >= 11 is 0. The summed E-state index contributed by atoms with van der Waals surface area (Å²) in [4.78, 5) is 27.5. The molecule has 6 nitrogen and oxygen atoms in total. The Kier molecular flexibility index (Phi) is 5.11. The maximum atomic E-state index is 12.9. The van der Waals surface area contributed by atoms with Crippen LogP contribution in [-0.2, 0) is 11.3 Å². The van der Waals surface area contributed by atoms with Crippen molar-refractivity contribution in [2.24, 2.45) is 0 Å². The molecule has 0 unspecified atom stereocenters. The van der Waals surface area contributed by atoms with E-state index in [9.17, 15) is 14.0 Å². The standard InChI is InChI=1S/C22H16FNO5/c23-14-5-7-15(8-6-14)27-12-16-9-10-21(29-16)22(26)28-13-20(25)18-11-24-19-4-2-1-3-17(18)19/h1-11,24H,12-13H2. The van der Waals surface area contributed by atoms with Gasteiger partial charge in [-0.15, -0.1) is 0 Å². The first-order chi connectivity index (χ1) is 14.1. The Morgan fingerprint density at radius 1 is 1.00 bits per heavy atom. The minimum absolute atomic E-state index is 0.0329. The van der Waals surface area contributed by atoms with Crippen LogP contribution in [0.25, 0.3) is 10.9 Å². The van der Waals surface area contributed by atoms with Gasteiger partial charge in [0.2, 0.25) is 11.5 Å². The first-order valence-electron chi connectivity index (χ1n) is 8.83. The molecule has 2 aromatic carbocycles. The van der Waals surface area contributed by atoms with Crippen LogP contribution in [0.1, 0.15) is 26.7 Å². The highest BCUT2D eigenvalue weighted by Gasteiger charge is 2.17. The number of furan rings is 1. The van der Waals surface area contributed by atoms with Gasteiger partial charge in [-0.3, -0.25) is 4.79 Å². The topological polar surface area (TPSA) is 81.5 Å². The lowest BCUT2D eigenvalue weighted by atomic mass is 10.1. The van der Waals surface area contributed by atoms with Crippen LogP contribution < -0.4 is 4.74 Å². The van der Waals surface area contributed by atoms with E-state index in [2.05, 4.69) is 4.98 Å². The van der Waals surface area contributed by atoms with Gasteiger partial charge in [0, 0.05) is 22.7 Å². The van der Waals surface area contributed by atoms with Gasteiger partial charge in [-0.05, 0) is 42.5 Å². The molecule has 7 heteroatoms. The van der Waals surface area contributed by atoms with Crippen molar-refractivity contribution in [3.05, 3.63) is 89.8 Å². The summed E-state index contributed by atoms with van der Waals surface area (Å²) in [7, 11) is 0. The number of Topliss-reactive ketones (excluding diaryl/α,β-unsaturated/α-hetero) is 1. The van der Waals surface area contributed by atoms with Crippen molar-refractivity contribution in [1.29, 1.82) is 0 Å². The maximum Gasteiger partial charge on any atom is 0.374 e. The minimum atomic E-state index is -0.744. The van der Waals surface area contributed by atoms with Crippen molar-refractivity contribution in [1.82, 2.24) is 4.98 Å². The second-order valence-corrected chi connectivity index (χ2v) is 6.26. The molecule has 4 rings (SSSR count). The van der Waals surface area contributed by atoms with Gasteiger partial charge in [0.1, 0.15) is 23.9 Å². The Morgan fingerprint density at radius 3 is 2.62 bits per heavy atom. The van der Waals surface area contributed by atoms with E-state index in [0.29, 0.717) is 17.1 Å². The summed E-state index contributed by atoms with van der Waals surface area (Å²) < 4.78 is 28.8. The third kappa shape index (κ3) is 4.19. The Morgan fingerprint density at radius 2 is 1.79 bits per heavy atom. The fourth-order valence-electron chi connectivity index (χ4n) is 2.83. The summed E-state index contributed by atoms with van der Waals surface area (Å²) in [5.74, 6) is -0.592. The number of carbonyl (C=O) groups excluding carboxylic acids is 2. The first kappa shape index (κ1) is 18.5. The molecule has 0 aliphatic rings. The van der Waals surface area contributed by atoms with Crippen molar-refractivity contribution in [3.63, 3.8) is 0 Å². The molecule has 0 bridgehead atoms. The summed E-state index contributed by atoms with van der Waals surface area (Å²) in [6, 6.07) is 15.9. The maximum absolute atomic E-state index is 12.9. The molecule has 0 saturated heterocycles. The number of halogens is 1. The van der Waals surface area contributed by atoms with Gasteiger partial charge in [0.15, 0.2) is 6.61 Å². The number of H-pyrrole nitrogens is 1. The Balaban J connectivity index is 1.33. The molecule has 0 atom stereocenters. The first-order valence-corrected chi connectivity index (χ1v) is 8.83. The van der Waals surface area contributed by atoms with Crippen LogP contribution in [0.5, 0.6) is 5.75 Å². The molecule has 0 saturated carbocycles. The van der Waals surface area contributed by atoms with E-state index in [4.69, 9.17) is 13.9 Å². The third-order valence-corrected chi connectivity index (χ3v) is 4.28. The number of aromatic nitrogens is 1. The highest BCUT2D eigenvalue weighted by molar-refractivity contribution is 6.09. The van der Waals surface area contributed by atoms with Gasteiger partial charge in [-0.25, -0.2) is 9.18 Å². The van der Waals surface area contributed by atoms with Crippen molar-refractivity contribution < 1.29 is 27.9 Å². The van der Waals surface area contributed by atoms with Crippen molar-refractivity contribution >= 4 is 22.7 Å². The van der Waals surface area contributed by atoms with Gasteiger partial charge in [0.05, 0.1) is 0 Å². The Bertz CT molecular complexity index is 1160. The lowest BCUT2D eigenvalue weighted by Crippen LogP contribution is -2.13. The van der Waals surface area contributed by atoms with E-state index >= 15 is 0 Å². The van der Waals surface area contributed by atoms with E-state index < -0.39 is 12.6 Å². The van der Waals surface area contributed by atoms with Crippen molar-refractivity contribution in [2.45, 2.75) is 6.61 Å². The molecule has 0 aliphatic heterocycles. The number of esters is 1. The highest BCUT2D eigenvalue weighted by atomic mass is 19.1. The molecule has 1 N–H and O–H groups in total. The van der Waals surface area contributed by atoms with Crippen LogP contribution in [0, 0.1) is 5.82 Å². The summed E-state index contributed by atoms with van der Waals surface area (Å²) in [5.41, 5.74) is 1.29. The molecular weight excluding hydrogens is 377 g/mol. The van der Waals surface area contributed by atoms with Crippen LogP contribution in [0.4, 0.5) is 4.39 Å². The quantitative estimate of drug-likeness (QED) is 0.369. The smallest absolute Gasteiger partial charge is 0.374 e. The van der Waals surface area contributed by atoms with Crippen LogP contribution >= 0.6 is 0 Å². The Hall–Kier alpha value is -3.87. The number of ether oxygens (including phenoxy) is 2. The van der Waals surface area contributed by atoms with Gasteiger partial charge in [0.25, 0.3) is 0 Å². The molecule has 29 heavy (non-hydrogen) atoms. The van der Waals surface area contributed by atoms with Crippen LogP contribution in [0.15, 0.2) is 71.3 Å². The van der Waals surface area contributed by atoms with Crippen LogP contribution in [-0.4, -0.2) is 23.3 Å². The van der Waals surface area contributed by atoms with E-state index in [-0.39, 0.29) is 24.0 Å². The molecule has 2 heterocycles. The van der Waals surface area contributed by atoms with Gasteiger partial charge >= 0.3 is 5.97 Å². The highest BCUT2D eigenvalue weighted by Crippen LogP contribution is 2.19. The number of fused-ring (bicyclic) bond motifs is 1. The van der Waals surface area contributed by atoms with Crippen LogP contribution in [0.2, 0.25) is 0 Å². The number of hydrogen-bond donors (Lipinski definition) is 1. The van der Waals surface area contributed by atoms with E-state index in [1.165, 1.54) is 30.3 Å². The monoisotopic (exact) mass is 393 g/mol. The molecule has 0 spiro atoms. The minimum Gasteiger partial charge on any atom is -0.486 e. The average Bonchev–Trinajstić information content (AvgIpc) is 3.38. The van der Waals surface area contributed by atoms with Gasteiger partial charge < -0.3 is 18.9 Å². The van der Waals surface area contributed by atoms with E-state index in [1.54, 1.807) is 12.3 Å². The van der Waals surface area contributed by atoms with Crippen LogP contribution in [0.3, 0.4) is 0 Å². The normalized spacial score (nSPS) is 10.8. The zero-order valence-electron chi connectivity index (χ0n) is 15.2. The Labute approximate surface area is 164 Å². The molecule has 2 aromatic heterocycles. The van der Waals surface area contributed by atoms with E-state index in [0.717, 1.165) is 10.9 Å². The number of nitrogens with one attached hydrogen (secondary N) is 1. The van der Waals surface area contributed by atoms with E-state index in [1.807, 2.05) is 24.3 Å². The summed E-state index contributed by atoms with van der Waals surface area (Å²) in [6.07, 6.45) is 1.60. The number of rotatable bonds is 7. The number of aromatic amines is 1. The van der Waals surface area contributed by atoms with Crippen molar-refractivity contribution in [2.75, 3.05) is 6.61 Å². The molecule has 0 fully saturated rings. The zero-order valence-corrected chi connectivity index (χ0v) is 15.2. The molecule has 4 aromatic rings. The number of hydrogen-bond acceptors (Lipinski definition) is 5. The molecule has 146 valence electrons. The predicted octanol–water partition coefficient (Wildman–Crippen LogP) is 4.52. The average molecular weight is 393 g/mol. The number of carbonyl (C=O) groups is 2.